The van der Waals surface area contributed by atoms with E-state index in [0.29, 0.717) is 13.0 Å². The third kappa shape index (κ3) is 5.59. The van der Waals surface area contributed by atoms with Gasteiger partial charge in [0.2, 0.25) is 0 Å². The van der Waals surface area contributed by atoms with Gasteiger partial charge in [-0.2, -0.15) is 0 Å². The van der Waals surface area contributed by atoms with Gasteiger partial charge in [0.15, 0.2) is 12.6 Å². The Morgan fingerprint density at radius 1 is 0.969 bits per heavy atom. The van der Waals surface area contributed by atoms with Gasteiger partial charge in [0.25, 0.3) is 0 Å². The number of hydrogen-bond acceptors (Lipinski definition) is 12. The highest BCUT2D eigenvalue weighted by Gasteiger charge is 2.50. The van der Waals surface area contributed by atoms with E-state index in [0.717, 1.165) is 12.8 Å². The molecule has 3 rings (SSSR count). The number of nitrogens with one attached hydrogen (secondary N) is 2. The fraction of sp³-hybridized carbons (Fsp3) is 1.00. The lowest BCUT2D eigenvalue weighted by Crippen LogP contribution is -2.68. The van der Waals surface area contributed by atoms with Crippen molar-refractivity contribution in [3.63, 3.8) is 0 Å². The molecule has 12 atom stereocenters. The minimum atomic E-state index is -1.28. The molecule has 0 aromatic rings. The molecule has 0 radical (unpaired) electrons. The smallest absolute Gasteiger partial charge is 0.185 e. The molecule has 2 saturated heterocycles. The molecule has 1 aliphatic carbocycles. The summed E-state index contributed by atoms with van der Waals surface area (Å²) in [7, 11) is 3.47. The lowest BCUT2D eigenvalue weighted by molar-refractivity contribution is -0.306. The third-order valence-corrected chi connectivity index (χ3v) is 6.72. The van der Waals surface area contributed by atoms with Crippen molar-refractivity contribution >= 4 is 0 Å². The zero-order chi connectivity index (χ0) is 23.6. The lowest BCUT2D eigenvalue weighted by atomic mass is 9.84. The van der Waals surface area contributed by atoms with Gasteiger partial charge in [0, 0.05) is 18.6 Å². The predicted molar refractivity (Wildman–Crippen MR) is 115 cm³/mol. The van der Waals surface area contributed by atoms with Crippen molar-refractivity contribution in [2.75, 3.05) is 27.2 Å². The highest BCUT2D eigenvalue weighted by Crippen LogP contribution is 2.31. The first-order valence-electron chi connectivity index (χ1n) is 11.3. The van der Waals surface area contributed by atoms with Crippen molar-refractivity contribution < 1.29 is 34.3 Å². The molecule has 0 amide bonds. The fourth-order valence-electron chi connectivity index (χ4n) is 4.90. The molecular formula is C20H41N5O7. The van der Waals surface area contributed by atoms with Crippen molar-refractivity contribution in [2.24, 2.45) is 17.2 Å². The summed E-state index contributed by atoms with van der Waals surface area (Å²) >= 11 is 0. The molecule has 0 aromatic carbocycles. The van der Waals surface area contributed by atoms with Crippen LogP contribution in [0, 0.1) is 0 Å². The van der Waals surface area contributed by atoms with Crippen LogP contribution in [0.3, 0.4) is 0 Å². The molecule has 12 heteroatoms. The average molecular weight is 464 g/mol. The lowest BCUT2D eigenvalue weighted by Gasteiger charge is -2.48. The van der Waals surface area contributed by atoms with Gasteiger partial charge in [0.1, 0.15) is 30.0 Å². The van der Waals surface area contributed by atoms with Crippen LogP contribution < -0.4 is 27.8 Å². The van der Waals surface area contributed by atoms with Gasteiger partial charge in [-0.3, -0.25) is 0 Å². The van der Waals surface area contributed by atoms with Gasteiger partial charge < -0.3 is 62.1 Å². The average Bonchev–Trinajstić information content (AvgIpc) is 2.72. The van der Waals surface area contributed by atoms with Crippen LogP contribution in [0.4, 0.5) is 0 Å². The summed E-state index contributed by atoms with van der Waals surface area (Å²) in [5, 5.41) is 38.1. The van der Waals surface area contributed by atoms with E-state index in [1.54, 1.807) is 14.0 Å². The Bertz CT molecular complexity index is 603. The van der Waals surface area contributed by atoms with Gasteiger partial charge >= 0.3 is 0 Å². The number of aliphatic hydroxyl groups is 3. The van der Waals surface area contributed by atoms with Gasteiger partial charge in [-0.05, 0) is 40.3 Å². The van der Waals surface area contributed by atoms with E-state index in [1.165, 1.54) is 0 Å². The first kappa shape index (κ1) is 26.1. The Morgan fingerprint density at radius 3 is 2.19 bits per heavy atom. The SMILES string of the molecule is CNC[C@@H]1CC[C@@H](N)[C@@H](O[C@@H]2[C@H](O)C(O[C@H]3OC[C@](C)(O)[C@H](NC)[C@H]3O)[C@H](N)C[C@@H]2N)O1. The van der Waals surface area contributed by atoms with Crippen molar-refractivity contribution in [3.05, 3.63) is 0 Å². The van der Waals surface area contributed by atoms with Gasteiger partial charge in [-0.25, -0.2) is 0 Å². The maximum atomic E-state index is 11.1. The van der Waals surface area contributed by atoms with Crippen LogP contribution in [0.2, 0.25) is 0 Å². The molecule has 3 aliphatic rings. The summed E-state index contributed by atoms with van der Waals surface area (Å²) in [5.74, 6) is 0. The Labute approximate surface area is 189 Å². The van der Waals surface area contributed by atoms with Crippen LogP contribution in [0.5, 0.6) is 0 Å². The van der Waals surface area contributed by atoms with E-state index in [4.69, 9.17) is 36.1 Å². The second-order valence-electron chi connectivity index (χ2n) is 9.47. The van der Waals surface area contributed by atoms with Crippen molar-refractivity contribution in [3.8, 4) is 0 Å². The van der Waals surface area contributed by atoms with Crippen LogP contribution >= 0.6 is 0 Å². The molecule has 1 saturated carbocycles. The van der Waals surface area contributed by atoms with E-state index in [1.807, 2.05) is 7.05 Å². The maximum Gasteiger partial charge on any atom is 0.185 e. The van der Waals surface area contributed by atoms with E-state index in [9.17, 15) is 15.3 Å². The highest BCUT2D eigenvalue weighted by molar-refractivity contribution is 5.01. The molecule has 2 aliphatic heterocycles. The molecule has 3 fully saturated rings. The van der Waals surface area contributed by atoms with Crippen molar-refractivity contribution in [2.45, 2.75) is 99.1 Å². The standard InChI is InChI=1S/C20H41N5O7/c1-20(28)8-29-19(14(27)17(20)25-3)32-16-12(23)6-11(22)15(13(16)26)31-18-10(21)5-4-9(30-18)7-24-2/h9-19,24-28H,4-8,21-23H2,1-3H3/t9-,10+,11-,12+,13-,14+,15-,16?,17+,18+,19+,20-/m0/s1. The number of hydrogen-bond donors (Lipinski definition) is 8. The fourth-order valence-corrected chi connectivity index (χ4v) is 4.90. The van der Waals surface area contributed by atoms with Crippen LogP contribution in [0.1, 0.15) is 26.2 Å². The quantitative estimate of drug-likeness (QED) is 0.184. The Hall–Kier alpha value is -0.480. The van der Waals surface area contributed by atoms with Gasteiger partial charge in [-0.15, -0.1) is 0 Å². The van der Waals surface area contributed by atoms with Crippen molar-refractivity contribution in [1.82, 2.24) is 10.6 Å². The minimum Gasteiger partial charge on any atom is -0.388 e. The number of ether oxygens (including phenoxy) is 4. The summed E-state index contributed by atoms with van der Waals surface area (Å²) in [6.07, 6.45) is -4.12. The zero-order valence-electron chi connectivity index (χ0n) is 19.1. The highest BCUT2D eigenvalue weighted by atomic mass is 16.7. The molecular weight excluding hydrogens is 422 g/mol. The first-order chi connectivity index (χ1) is 15.1. The van der Waals surface area contributed by atoms with E-state index in [-0.39, 0.29) is 18.8 Å². The van der Waals surface area contributed by atoms with Crippen molar-refractivity contribution in [1.29, 1.82) is 0 Å². The molecule has 11 N–H and O–H groups in total. The monoisotopic (exact) mass is 463 g/mol. The predicted octanol–water partition coefficient (Wildman–Crippen LogP) is -3.72. The molecule has 32 heavy (non-hydrogen) atoms. The second-order valence-corrected chi connectivity index (χ2v) is 9.47. The largest absolute Gasteiger partial charge is 0.388 e. The number of nitrogens with two attached hydrogens (primary N) is 3. The van der Waals surface area contributed by atoms with Crippen LogP contribution in [0.25, 0.3) is 0 Å². The number of rotatable bonds is 7. The minimum absolute atomic E-state index is 0.0480. The molecule has 0 bridgehead atoms. The Kier molecular flexibility index (Phi) is 8.86. The van der Waals surface area contributed by atoms with E-state index >= 15 is 0 Å². The first-order valence-corrected chi connectivity index (χ1v) is 11.3. The molecule has 1 unspecified atom stereocenters. The molecule has 12 nitrogen and oxygen atoms in total. The summed E-state index contributed by atoms with van der Waals surface area (Å²) < 4.78 is 23.5. The Balaban J connectivity index is 1.67. The van der Waals surface area contributed by atoms with Crippen LogP contribution in [-0.2, 0) is 18.9 Å². The Morgan fingerprint density at radius 2 is 1.59 bits per heavy atom. The second kappa shape index (κ2) is 10.8. The summed E-state index contributed by atoms with van der Waals surface area (Å²) in [4.78, 5) is 0. The maximum absolute atomic E-state index is 11.1. The van der Waals surface area contributed by atoms with Gasteiger partial charge in [-0.1, -0.05) is 0 Å². The number of aliphatic hydroxyl groups excluding tert-OH is 2. The van der Waals surface area contributed by atoms with Crippen LogP contribution in [0.15, 0.2) is 0 Å². The summed E-state index contributed by atoms with van der Waals surface area (Å²) in [6, 6.07) is -2.20. The number of likely N-dealkylation sites (N-methyl/N-ethyl adjacent to an activating group) is 2. The molecule has 2 heterocycles. The molecule has 0 spiro atoms. The van der Waals surface area contributed by atoms with E-state index < -0.39 is 60.7 Å². The van der Waals surface area contributed by atoms with Crippen LogP contribution in [-0.4, -0.2) is 115 Å². The normalized spacial score (nSPS) is 50.3. The third-order valence-electron chi connectivity index (χ3n) is 6.72. The topological polar surface area (TPSA) is 200 Å². The zero-order valence-corrected chi connectivity index (χ0v) is 19.1. The summed E-state index contributed by atoms with van der Waals surface area (Å²) in [5.41, 5.74) is 17.4. The molecule has 188 valence electrons. The molecule has 0 aromatic heterocycles. The van der Waals surface area contributed by atoms with E-state index in [2.05, 4.69) is 10.6 Å². The van der Waals surface area contributed by atoms with Gasteiger partial charge in [0.05, 0.1) is 24.8 Å². The summed E-state index contributed by atoms with van der Waals surface area (Å²) in [6.45, 7) is 2.16.